The Morgan fingerprint density at radius 3 is 2.65 bits per heavy atom. The molecule has 0 saturated heterocycles. The summed E-state index contributed by atoms with van der Waals surface area (Å²) in [6.45, 7) is 1.92. The van der Waals surface area contributed by atoms with E-state index in [0.717, 1.165) is 5.56 Å². The first-order valence-corrected chi connectivity index (χ1v) is 5.09. The summed E-state index contributed by atoms with van der Waals surface area (Å²) in [5.74, 6) is 0.574. The predicted octanol–water partition coefficient (Wildman–Crippen LogP) is 0.843. The SMILES string of the molecule is COc1ccc(C)cc1-n1ccc(=O)[nH]c1=O. The van der Waals surface area contributed by atoms with Gasteiger partial charge in [0, 0.05) is 12.3 Å². The second kappa shape index (κ2) is 4.29. The van der Waals surface area contributed by atoms with E-state index in [0.29, 0.717) is 11.4 Å². The number of nitrogens with zero attached hydrogens (tertiary/aromatic N) is 1. The lowest BCUT2D eigenvalue weighted by atomic mass is 10.2. The van der Waals surface area contributed by atoms with Crippen LogP contribution in [0, 0.1) is 6.92 Å². The zero-order chi connectivity index (χ0) is 12.4. The molecule has 0 unspecified atom stereocenters. The number of hydrogen-bond donors (Lipinski definition) is 1. The van der Waals surface area contributed by atoms with Crippen molar-refractivity contribution in [2.75, 3.05) is 7.11 Å². The molecule has 0 amide bonds. The molecule has 0 aliphatic carbocycles. The molecular weight excluding hydrogens is 220 g/mol. The first kappa shape index (κ1) is 11.2. The third-order valence-electron chi connectivity index (χ3n) is 2.42. The Bertz CT molecular complexity index is 655. The lowest BCUT2D eigenvalue weighted by Gasteiger charge is -2.10. The number of aromatic amines is 1. The summed E-state index contributed by atoms with van der Waals surface area (Å²) in [5.41, 5.74) is 0.701. The van der Waals surface area contributed by atoms with E-state index in [2.05, 4.69) is 4.98 Å². The van der Waals surface area contributed by atoms with E-state index in [-0.39, 0.29) is 0 Å². The van der Waals surface area contributed by atoms with Gasteiger partial charge in [-0.15, -0.1) is 0 Å². The smallest absolute Gasteiger partial charge is 0.333 e. The summed E-state index contributed by atoms with van der Waals surface area (Å²) in [6, 6.07) is 6.78. The average Bonchev–Trinajstić information content (AvgIpc) is 2.29. The van der Waals surface area contributed by atoms with E-state index < -0.39 is 11.2 Å². The summed E-state index contributed by atoms with van der Waals surface area (Å²) >= 11 is 0. The van der Waals surface area contributed by atoms with Crippen molar-refractivity contribution in [2.24, 2.45) is 0 Å². The monoisotopic (exact) mass is 232 g/mol. The third kappa shape index (κ3) is 2.13. The van der Waals surface area contributed by atoms with Gasteiger partial charge in [-0.25, -0.2) is 4.79 Å². The first-order chi connectivity index (χ1) is 8.11. The lowest BCUT2D eigenvalue weighted by molar-refractivity contribution is 0.412. The van der Waals surface area contributed by atoms with Gasteiger partial charge in [0.25, 0.3) is 5.56 Å². The number of aryl methyl sites for hydroxylation is 1. The van der Waals surface area contributed by atoms with Crippen LogP contribution in [0.1, 0.15) is 5.56 Å². The number of benzene rings is 1. The molecule has 5 nitrogen and oxygen atoms in total. The molecule has 0 spiro atoms. The van der Waals surface area contributed by atoms with Crippen LogP contribution in [0.25, 0.3) is 5.69 Å². The minimum atomic E-state index is -0.485. The van der Waals surface area contributed by atoms with E-state index in [4.69, 9.17) is 4.74 Å². The normalized spacial score (nSPS) is 10.2. The largest absolute Gasteiger partial charge is 0.495 e. The molecule has 0 atom stereocenters. The Hall–Kier alpha value is -2.30. The van der Waals surface area contributed by atoms with Crippen molar-refractivity contribution in [3.8, 4) is 11.4 Å². The van der Waals surface area contributed by atoms with Crippen molar-refractivity contribution in [1.29, 1.82) is 0 Å². The van der Waals surface area contributed by atoms with Crippen LogP contribution in [0.15, 0.2) is 40.1 Å². The molecule has 1 aromatic carbocycles. The minimum absolute atomic E-state index is 0.419. The van der Waals surface area contributed by atoms with Gasteiger partial charge >= 0.3 is 5.69 Å². The molecule has 2 aromatic rings. The van der Waals surface area contributed by atoms with Crippen LogP contribution in [-0.2, 0) is 0 Å². The molecule has 0 aliphatic rings. The fraction of sp³-hybridized carbons (Fsp3) is 0.167. The molecule has 0 fully saturated rings. The quantitative estimate of drug-likeness (QED) is 0.834. The van der Waals surface area contributed by atoms with Crippen LogP contribution in [-0.4, -0.2) is 16.7 Å². The van der Waals surface area contributed by atoms with Crippen LogP contribution < -0.4 is 16.0 Å². The Labute approximate surface area is 97.3 Å². The highest BCUT2D eigenvalue weighted by molar-refractivity contribution is 5.48. The average molecular weight is 232 g/mol. The summed E-state index contributed by atoms with van der Waals surface area (Å²) in [4.78, 5) is 24.9. The first-order valence-electron chi connectivity index (χ1n) is 5.09. The highest BCUT2D eigenvalue weighted by Gasteiger charge is 2.07. The number of rotatable bonds is 2. The second-order valence-corrected chi connectivity index (χ2v) is 3.66. The molecule has 0 aliphatic heterocycles. The molecule has 1 heterocycles. The third-order valence-corrected chi connectivity index (χ3v) is 2.42. The van der Waals surface area contributed by atoms with E-state index >= 15 is 0 Å². The van der Waals surface area contributed by atoms with Crippen LogP contribution in [0.5, 0.6) is 5.75 Å². The molecule has 1 aromatic heterocycles. The van der Waals surface area contributed by atoms with Crippen LogP contribution in [0.2, 0.25) is 0 Å². The van der Waals surface area contributed by atoms with Gasteiger partial charge in [-0.1, -0.05) is 6.07 Å². The molecule has 0 radical (unpaired) electrons. The summed E-state index contributed by atoms with van der Waals surface area (Å²) in [5, 5.41) is 0. The van der Waals surface area contributed by atoms with Gasteiger partial charge < -0.3 is 4.74 Å². The second-order valence-electron chi connectivity index (χ2n) is 3.66. The number of hydrogen-bond acceptors (Lipinski definition) is 3. The van der Waals surface area contributed by atoms with Crippen LogP contribution >= 0.6 is 0 Å². The lowest BCUT2D eigenvalue weighted by Crippen LogP contribution is -2.27. The summed E-state index contributed by atoms with van der Waals surface area (Å²) in [7, 11) is 1.53. The number of nitrogens with one attached hydrogen (secondary N) is 1. The highest BCUT2D eigenvalue weighted by atomic mass is 16.5. The molecule has 88 valence electrons. The Kier molecular flexibility index (Phi) is 2.82. The molecule has 1 N–H and O–H groups in total. The van der Waals surface area contributed by atoms with Gasteiger partial charge in [0.15, 0.2) is 0 Å². The van der Waals surface area contributed by atoms with Crippen molar-refractivity contribution in [3.05, 3.63) is 56.9 Å². The van der Waals surface area contributed by atoms with Crippen molar-refractivity contribution in [2.45, 2.75) is 6.92 Å². The van der Waals surface area contributed by atoms with Gasteiger partial charge in [0.1, 0.15) is 5.75 Å². The highest BCUT2D eigenvalue weighted by Crippen LogP contribution is 2.22. The Morgan fingerprint density at radius 2 is 2.00 bits per heavy atom. The van der Waals surface area contributed by atoms with Crippen LogP contribution in [0.3, 0.4) is 0 Å². The van der Waals surface area contributed by atoms with Gasteiger partial charge in [0.2, 0.25) is 0 Å². The number of aromatic nitrogens is 2. The van der Waals surface area contributed by atoms with E-state index in [1.807, 2.05) is 19.1 Å². The standard InChI is InChI=1S/C12H12N2O3/c1-8-3-4-10(17-2)9(7-8)14-6-5-11(15)13-12(14)16/h3-7H,1-2H3,(H,13,15,16). The van der Waals surface area contributed by atoms with Gasteiger partial charge in [-0.3, -0.25) is 14.3 Å². The Balaban J connectivity index is 2.71. The van der Waals surface area contributed by atoms with E-state index in [1.165, 1.54) is 23.9 Å². The van der Waals surface area contributed by atoms with Crippen molar-refractivity contribution >= 4 is 0 Å². The maximum absolute atomic E-state index is 11.7. The number of methoxy groups -OCH3 is 1. The van der Waals surface area contributed by atoms with Gasteiger partial charge in [-0.2, -0.15) is 0 Å². The summed E-state index contributed by atoms with van der Waals surface area (Å²) < 4.78 is 6.53. The van der Waals surface area contributed by atoms with Crippen molar-refractivity contribution in [1.82, 2.24) is 9.55 Å². The number of ether oxygens (including phenoxy) is 1. The predicted molar refractivity (Wildman–Crippen MR) is 63.9 cm³/mol. The minimum Gasteiger partial charge on any atom is -0.495 e. The van der Waals surface area contributed by atoms with Crippen molar-refractivity contribution < 1.29 is 4.74 Å². The molecular formula is C12H12N2O3. The van der Waals surface area contributed by atoms with Crippen LogP contribution in [0.4, 0.5) is 0 Å². The molecule has 5 heteroatoms. The maximum atomic E-state index is 11.7. The maximum Gasteiger partial charge on any atom is 0.333 e. The molecule has 0 saturated carbocycles. The van der Waals surface area contributed by atoms with Gasteiger partial charge in [0.05, 0.1) is 12.8 Å². The number of H-pyrrole nitrogens is 1. The fourth-order valence-electron chi connectivity index (χ4n) is 1.60. The summed E-state index contributed by atoms with van der Waals surface area (Å²) in [6.07, 6.45) is 1.43. The Morgan fingerprint density at radius 1 is 1.24 bits per heavy atom. The zero-order valence-corrected chi connectivity index (χ0v) is 9.56. The fourth-order valence-corrected chi connectivity index (χ4v) is 1.60. The van der Waals surface area contributed by atoms with E-state index in [9.17, 15) is 9.59 Å². The van der Waals surface area contributed by atoms with Crippen molar-refractivity contribution in [3.63, 3.8) is 0 Å². The topological polar surface area (TPSA) is 64.1 Å². The molecule has 2 rings (SSSR count). The zero-order valence-electron chi connectivity index (χ0n) is 9.56. The molecule has 17 heavy (non-hydrogen) atoms. The van der Waals surface area contributed by atoms with Gasteiger partial charge in [-0.05, 0) is 24.6 Å². The molecule has 0 bridgehead atoms. The van der Waals surface area contributed by atoms with E-state index in [1.54, 1.807) is 6.07 Å².